The van der Waals surface area contributed by atoms with Crippen molar-refractivity contribution >= 4 is 11.3 Å². The van der Waals surface area contributed by atoms with Crippen molar-refractivity contribution in [3.8, 4) is 0 Å². The molecule has 0 aliphatic heterocycles. The Morgan fingerprint density at radius 2 is 1.94 bits per heavy atom. The van der Waals surface area contributed by atoms with Crippen LogP contribution < -0.4 is 0 Å². The lowest BCUT2D eigenvalue weighted by Crippen LogP contribution is -2.01. The summed E-state index contributed by atoms with van der Waals surface area (Å²) in [4.78, 5) is 4.71. The van der Waals surface area contributed by atoms with Crippen LogP contribution in [0, 0.1) is 0 Å². The first-order valence-electron chi connectivity index (χ1n) is 6.21. The normalized spacial score (nSPS) is 13.3. The van der Waals surface area contributed by atoms with Gasteiger partial charge in [-0.15, -0.1) is 11.3 Å². The second-order valence-corrected chi connectivity index (χ2v) is 5.15. The lowest BCUT2D eigenvalue weighted by atomic mass is 9.96. The first-order chi connectivity index (χ1) is 7.72. The Labute approximate surface area is 103 Å². The number of nitrogens with zero attached hydrogens (tertiary/aromatic N) is 1. The van der Waals surface area contributed by atoms with Crippen molar-refractivity contribution in [1.82, 2.24) is 4.98 Å². The highest BCUT2D eigenvalue weighted by atomic mass is 32.1. The summed E-state index contributed by atoms with van der Waals surface area (Å²) in [6, 6.07) is 0. The van der Waals surface area contributed by atoms with Gasteiger partial charge in [0.15, 0.2) is 0 Å². The molecule has 1 unspecified atom stereocenters. The zero-order chi connectivity index (χ0) is 12.0. The predicted octanol–water partition coefficient (Wildman–Crippen LogP) is 4.53. The number of ether oxygens (including phenoxy) is 1. The highest BCUT2D eigenvalue weighted by molar-refractivity contribution is 7.09. The van der Waals surface area contributed by atoms with E-state index in [4.69, 9.17) is 9.72 Å². The molecule has 92 valence electrons. The summed E-state index contributed by atoms with van der Waals surface area (Å²) in [5.41, 5.74) is 1.27. The molecule has 16 heavy (non-hydrogen) atoms. The fraction of sp³-hybridized carbons (Fsp3) is 0.769. The van der Waals surface area contributed by atoms with E-state index in [1.807, 2.05) is 0 Å². The largest absolute Gasteiger partial charge is 0.375 e. The summed E-state index contributed by atoms with van der Waals surface area (Å²) < 4.78 is 5.30. The molecule has 0 aliphatic carbocycles. The third-order valence-electron chi connectivity index (χ3n) is 2.93. The van der Waals surface area contributed by atoms with Crippen molar-refractivity contribution in [2.45, 2.75) is 58.5 Å². The molecule has 0 spiro atoms. The summed E-state index contributed by atoms with van der Waals surface area (Å²) >= 11 is 1.73. The van der Waals surface area contributed by atoms with Gasteiger partial charge in [-0.3, -0.25) is 0 Å². The van der Waals surface area contributed by atoms with E-state index in [1.54, 1.807) is 18.4 Å². The Morgan fingerprint density at radius 1 is 1.31 bits per heavy atom. The number of hydrogen-bond acceptors (Lipinski definition) is 3. The summed E-state index contributed by atoms with van der Waals surface area (Å²) in [6.07, 6.45) is 5.09. The van der Waals surface area contributed by atoms with Crippen LogP contribution in [0.5, 0.6) is 0 Å². The molecule has 0 bridgehead atoms. The molecular formula is C13H23NOS. The third kappa shape index (κ3) is 3.56. The molecule has 3 heteroatoms. The number of methoxy groups -OCH3 is 1. The van der Waals surface area contributed by atoms with Crippen LogP contribution in [0.3, 0.4) is 0 Å². The van der Waals surface area contributed by atoms with Crippen LogP contribution in [-0.4, -0.2) is 12.1 Å². The van der Waals surface area contributed by atoms with Crippen LogP contribution in [-0.2, 0) is 4.74 Å². The maximum Gasteiger partial charge on any atom is 0.121 e. The van der Waals surface area contributed by atoms with E-state index in [0.717, 1.165) is 5.01 Å². The molecular weight excluding hydrogens is 218 g/mol. The molecule has 2 nitrogen and oxygen atoms in total. The molecule has 1 atom stereocenters. The van der Waals surface area contributed by atoms with E-state index in [0.29, 0.717) is 5.92 Å². The van der Waals surface area contributed by atoms with Gasteiger partial charge in [0.25, 0.3) is 0 Å². The quantitative estimate of drug-likeness (QED) is 0.699. The topological polar surface area (TPSA) is 22.1 Å². The van der Waals surface area contributed by atoms with Gasteiger partial charge in [0.05, 0.1) is 5.69 Å². The Hall–Kier alpha value is -0.410. The molecule has 0 saturated heterocycles. The molecule has 0 saturated carbocycles. The zero-order valence-electron chi connectivity index (χ0n) is 10.8. The van der Waals surface area contributed by atoms with Crippen molar-refractivity contribution in [3.63, 3.8) is 0 Å². The fourth-order valence-electron chi connectivity index (χ4n) is 1.91. The van der Waals surface area contributed by atoms with Gasteiger partial charge >= 0.3 is 0 Å². The average Bonchev–Trinajstić information content (AvgIpc) is 2.77. The molecule has 0 fully saturated rings. The molecule has 0 N–H and O–H groups in total. The Kier molecular flexibility index (Phi) is 5.99. The van der Waals surface area contributed by atoms with Gasteiger partial charge in [0.2, 0.25) is 0 Å². The molecule has 1 aromatic heterocycles. The smallest absolute Gasteiger partial charge is 0.121 e. The highest BCUT2D eigenvalue weighted by Crippen LogP contribution is 2.29. The van der Waals surface area contributed by atoms with E-state index >= 15 is 0 Å². The van der Waals surface area contributed by atoms with Gasteiger partial charge in [-0.25, -0.2) is 4.98 Å². The summed E-state index contributed by atoms with van der Waals surface area (Å²) in [6.45, 7) is 6.54. The molecule has 1 rings (SSSR count). The van der Waals surface area contributed by atoms with E-state index in [9.17, 15) is 0 Å². The summed E-state index contributed by atoms with van der Waals surface area (Å²) in [5, 5.41) is 3.32. The van der Waals surface area contributed by atoms with E-state index in [1.165, 1.54) is 31.4 Å². The van der Waals surface area contributed by atoms with Crippen LogP contribution >= 0.6 is 11.3 Å². The van der Waals surface area contributed by atoms with Gasteiger partial charge in [0, 0.05) is 18.4 Å². The predicted molar refractivity (Wildman–Crippen MR) is 70.1 cm³/mol. The van der Waals surface area contributed by atoms with E-state index in [-0.39, 0.29) is 6.10 Å². The molecule has 0 amide bonds. The van der Waals surface area contributed by atoms with Crippen molar-refractivity contribution in [1.29, 1.82) is 0 Å². The van der Waals surface area contributed by atoms with Crippen molar-refractivity contribution < 1.29 is 4.74 Å². The minimum absolute atomic E-state index is 0.127. The summed E-state index contributed by atoms with van der Waals surface area (Å²) in [7, 11) is 1.74. The highest BCUT2D eigenvalue weighted by Gasteiger charge is 2.15. The van der Waals surface area contributed by atoms with Gasteiger partial charge in [-0.05, 0) is 19.8 Å². The van der Waals surface area contributed by atoms with Gasteiger partial charge in [-0.1, -0.05) is 26.7 Å². The zero-order valence-corrected chi connectivity index (χ0v) is 11.6. The van der Waals surface area contributed by atoms with Gasteiger partial charge < -0.3 is 4.74 Å². The van der Waals surface area contributed by atoms with Crippen molar-refractivity contribution in [3.05, 3.63) is 16.1 Å². The van der Waals surface area contributed by atoms with Crippen molar-refractivity contribution in [2.75, 3.05) is 7.11 Å². The van der Waals surface area contributed by atoms with Crippen LogP contribution in [0.1, 0.15) is 69.2 Å². The van der Waals surface area contributed by atoms with Gasteiger partial charge in [0.1, 0.15) is 11.1 Å². The summed E-state index contributed by atoms with van der Waals surface area (Å²) in [5.74, 6) is 0.643. The minimum Gasteiger partial charge on any atom is -0.375 e. The Balaban J connectivity index is 2.72. The van der Waals surface area contributed by atoms with Crippen LogP contribution in [0.25, 0.3) is 0 Å². The average molecular weight is 241 g/mol. The monoisotopic (exact) mass is 241 g/mol. The lowest BCUT2D eigenvalue weighted by molar-refractivity contribution is 0.119. The first-order valence-corrected chi connectivity index (χ1v) is 7.08. The van der Waals surface area contributed by atoms with Gasteiger partial charge in [-0.2, -0.15) is 0 Å². The second kappa shape index (κ2) is 7.02. The maximum atomic E-state index is 5.30. The third-order valence-corrected chi connectivity index (χ3v) is 3.96. The number of aromatic nitrogens is 1. The van der Waals surface area contributed by atoms with E-state index in [2.05, 4.69) is 26.2 Å². The molecule has 0 aliphatic rings. The van der Waals surface area contributed by atoms with Crippen LogP contribution in [0.15, 0.2) is 5.38 Å². The molecule has 1 aromatic rings. The second-order valence-electron chi connectivity index (χ2n) is 4.26. The first kappa shape index (κ1) is 13.7. The lowest BCUT2D eigenvalue weighted by Gasteiger charge is -2.12. The Morgan fingerprint density at radius 3 is 2.44 bits per heavy atom. The van der Waals surface area contributed by atoms with Crippen LogP contribution in [0.4, 0.5) is 0 Å². The molecule has 0 radical (unpaired) electrons. The molecule has 1 heterocycles. The van der Waals surface area contributed by atoms with Crippen LogP contribution in [0.2, 0.25) is 0 Å². The maximum absolute atomic E-state index is 5.30. The fourth-order valence-corrected chi connectivity index (χ4v) is 2.85. The molecule has 0 aromatic carbocycles. The van der Waals surface area contributed by atoms with E-state index < -0.39 is 0 Å². The number of rotatable bonds is 7. The van der Waals surface area contributed by atoms with Crippen molar-refractivity contribution in [2.24, 2.45) is 0 Å². The standard InChI is InChI=1S/C13H23NOS/c1-5-7-11(8-6-2)12-9-16-13(14-12)10(3)15-4/h9-11H,5-8H2,1-4H3. The Bertz CT molecular complexity index is 292. The number of thiazole rings is 1. The number of hydrogen-bond donors (Lipinski definition) is 0. The minimum atomic E-state index is 0.127. The SMILES string of the molecule is CCCC(CCC)c1csc(C(C)OC)n1.